The summed E-state index contributed by atoms with van der Waals surface area (Å²) in [4.78, 5) is 10.5. The molecule has 1 atom stereocenters. The van der Waals surface area contributed by atoms with Crippen LogP contribution in [0.25, 0.3) is 0 Å². The average molecular weight is 248 g/mol. The van der Waals surface area contributed by atoms with Crippen LogP contribution in [0.15, 0.2) is 18.2 Å². The van der Waals surface area contributed by atoms with E-state index in [2.05, 4.69) is 0 Å². The van der Waals surface area contributed by atoms with Crippen LogP contribution in [0.2, 0.25) is 10.0 Å². The van der Waals surface area contributed by atoms with E-state index in [1.165, 1.54) is 0 Å². The van der Waals surface area contributed by atoms with Crippen molar-refractivity contribution in [3.8, 4) is 0 Å². The van der Waals surface area contributed by atoms with Gasteiger partial charge in [-0.3, -0.25) is 4.79 Å². The minimum atomic E-state index is -0.991. The maximum atomic E-state index is 10.5. The molecule has 0 saturated carbocycles. The van der Waals surface area contributed by atoms with E-state index in [1.54, 1.807) is 12.1 Å². The summed E-state index contributed by atoms with van der Waals surface area (Å²) in [5.74, 6) is -0.991. The van der Waals surface area contributed by atoms with Gasteiger partial charge in [0.25, 0.3) is 0 Å². The van der Waals surface area contributed by atoms with Crippen LogP contribution in [0.5, 0.6) is 0 Å². The Bertz CT molecular complexity index is 368. The highest BCUT2D eigenvalue weighted by molar-refractivity contribution is 6.42. The first-order valence-electron chi connectivity index (χ1n) is 4.43. The second-order valence-electron chi connectivity index (χ2n) is 3.23. The second-order valence-corrected chi connectivity index (χ2v) is 4.05. The molecular weight excluding hydrogens is 237 g/mol. The van der Waals surface area contributed by atoms with Gasteiger partial charge in [-0.2, -0.15) is 0 Å². The monoisotopic (exact) mass is 247 g/mol. The normalized spacial score (nSPS) is 12.5. The fourth-order valence-electron chi connectivity index (χ4n) is 1.14. The number of rotatable bonds is 4. The van der Waals surface area contributed by atoms with Gasteiger partial charge in [-0.15, -0.1) is 0 Å². The van der Waals surface area contributed by atoms with E-state index in [0.29, 0.717) is 22.9 Å². The Morgan fingerprint density at radius 1 is 1.40 bits per heavy atom. The van der Waals surface area contributed by atoms with E-state index >= 15 is 0 Å². The third-order valence-electron chi connectivity index (χ3n) is 2.05. The number of hydrogen-bond donors (Lipinski definition) is 2. The molecule has 0 bridgehead atoms. The van der Waals surface area contributed by atoms with E-state index in [0.717, 1.165) is 5.56 Å². The van der Waals surface area contributed by atoms with Crippen LogP contribution in [0.3, 0.4) is 0 Å². The third-order valence-corrected chi connectivity index (χ3v) is 2.78. The maximum absolute atomic E-state index is 10.5. The average Bonchev–Trinajstić information content (AvgIpc) is 2.19. The number of aryl methyl sites for hydroxylation is 1. The lowest BCUT2D eigenvalue weighted by Crippen LogP contribution is -2.30. The number of benzene rings is 1. The van der Waals surface area contributed by atoms with Crippen molar-refractivity contribution in [2.24, 2.45) is 5.73 Å². The van der Waals surface area contributed by atoms with Crippen LogP contribution < -0.4 is 5.73 Å². The van der Waals surface area contributed by atoms with Gasteiger partial charge in [-0.1, -0.05) is 29.3 Å². The first-order chi connectivity index (χ1) is 7.00. The molecule has 0 radical (unpaired) electrons. The fraction of sp³-hybridized carbons (Fsp3) is 0.300. The van der Waals surface area contributed by atoms with Crippen molar-refractivity contribution in [1.82, 2.24) is 0 Å². The molecule has 0 aromatic heterocycles. The molecule has 0 aliphatic rings. The fourth-order valence-corrected chi connectivity index (χ4v) is 1.46. The zero-order valence-corrected chi connectivity index (χ0v) is 9.42. The molecule has 3 nitrogen and oxygen atoms in total. The zero-order chi connectivity index (χ0) is 11.4. The van der Waals surface area contributed by atoms with Crippen LogP contribution in [-0.4, -0.2) is 17.1 Å². The van der Waals surface area contributed by atoms with Crippen molar-refractivity contribution in [2.45, 2.75) is 18.9 Å². The van der Waals surface area contributed by atoms with Crippen LogP contribution in [0.4, 0.5) is 0 Å². The Hall–Kier alpha value is -0.770. The van der Waals surface area contributed by atoms with Crippen molar-refractivity contribution < 1.29 is 9.90 Å². The van der Waals surface area contributed by atoms with Gasteiger partial charge in [-0.25, -0.2) is 0 Å². The number of aliphatic carboxylic acids is 1. The molecule has 0 fully saturated rings. The lowest BCUT2D eigenvalue weighted by Gasteiger charge is -2.06. The smallest absolute Gasteiger partial charge is 0.320 e. The molecular formula is C10H11Cl2NO2. The topological polar surface area (TPSA) is 63.3 Å². The van der Waals surface area contributed by atoms with Crippen molar-refractivity contribution in [2.75, 3.05) is 0 Å². The number of carbonyl (C=O) groups is 1. The summed E-state index contributed by atoms with van der Waals surface area (Å²) < 4.78 is 0. The first kappa shape index (κ1) is 12.3. The minimum Gasteiger partial charge on any atom is -0.480 e. The number of nitrogens with two attached hydrogens (primary N) is 1. The van der Waals surface area contributed by atoms with E-state index in [9.17, 15) is 4.79 Å². The molecule has 0 amide bonds. The predicted molar refractivity (Wildman–Crippen MR) is 60.4 cm³/mol. The minimum absolute atomic E-state index is 0.382. The largest absolute Gasteiger partial charge is 0.480 e. The molecule has 0 spiro atoms. The molecule has 0 saturated heterocycles. The molecule has 1 aromatic carbocycles. The van der Waals surface area contributed by atoms with Gasteiger partial charge in [0.15, 0.2) is 0 Å². The number of hydrogen-bond acceptors (Lipinski definition) is 2. The summed E-state index contributed by atoms with van der Waals surface area (Å²) in [5.41, 5.74) is 6.31. The lowest BCUT2D eigenvalue weighted by molar-refractivity contribution is -0.138. The zero-order valence-electron chi connectivity index (χ0n) is 7.91. The second kappa shape index (κ2) is 5.35. The van der Waals surface area contributed by atoms with Gasteiger partial charge in [-0.05, 0) is 30.5 Å². The molecule has 1 rings (SSSR count). The molecule has 82 valence electrons. The summed E-state index contributed by atoms with van der Waals surface area (Å²) in [6, 6.07) is 4.38. The number of carboxylic acid groups (broad SMARTS) is 1. The Balaban J connectivity index is 2.58. The van der Waals surface area contributed by atoms with Crippen molar-refractivity contribution in [3.63, 3.8) is 0 Å². The summed E-state index contributed by atoms with van der Waals surface area (Å²) in [6.07, 6.45) is 0.956. The molecule has 5 heteroatoms. The quantitative estimate of drug-likeness (QED) is 0.859. The van der Waals surface area contributed by atoms with E-state index in [-0.39, 0.29) is 0 Å². The first-order valence-corrected chi connectivity index (χ1v) is 5.18. The van der Waals surface area contributed by atoms with Gasteiger partial charge in [0.05, 0.1) is 10.0 Å². The molecule has 0 unspecified atom stereocenters. The maximum Gasteiger partial charge on any atom is 0.320 e. The Morgan fingerprint density at radius 3 is 2.60 bits per heavy atom. The van der Waals surface area contributed by atoms with Crippen LogP contribution in [0, 0.1) is 0 Å². The highest BCUT2D eigenvalue weighted by Crippen LogP contribution is 2.23. The Morgan fingerprint density at radius 2 is 2.07 bits per heavy atom. The molecule has 1 aromatic rings. The van der Waals surface area contributed by atoms with Crippen molar-refractivity contribution >= 4 is 29.2 Å². The van der Waals surface area contributed by atoms with E-state index < -0.39 is 12.0 Å². The number of halogens is 2. The lowest BCUT2D eigenvalue weighted by atomic mass is 10.1. The highest BCUT2D eigenvalue weighted by Gasteiger charge is 2.11. The Kier molecular flexibility index (Phi) is 4.39. The summed E-state index contributed by atoms with van der Waals surface area (Å²) in [7, 11) is 0. The molecule has 0 aliphatic heterocycles. The van der Waals surface area contributed by atoms with Crippen LogP contribution >= 0.6 is 23.2 Å². The van der Waals surface area contributed by atoms with Crippen LogP contribution in [-0.2, 0) is 11.2 Å². The molecule has 15 heavy (non-hydrogen) atoms. The van der Waals surface area contributed by atoms with E-state index in [1.807, 2.05) is 6.07 Å². The van der Waals surface area contributed by atoms with Gasteiger partial charge >= 0.3 is 5.97 Å². The highest BCUT2D eigenvalue weighted by atomic mass is 35.5. The summed E-state index contributed by atoms with van der Waals surface area (Å²) in [6.45, 7) is 0. The van der Waals surface area contributed by atoms with Gasteiger partial charge < -0.3 is 10.8 Å². The van der Waals surface area contributed by atoms with Crippen molar-refractivity contribution in [3.05, 3.63) is 33.8 Å². The summed E-state index contributed by atoms with van der Waals surface area (Å²) >= 11 is 11.6. The standard InChI is InChI=1S/C10H11Cl2NO2/c11-7-3-1-6(5-8(7)12)2-4-9(13)10(14)15/h1,3,5,9H,2,4,13H2,(H,14,15)/t9-/m1/s1. The third kappa shape index (κ3) is 3.70. The van der Waals surface area contributed by atoms with Gasteiger partial charge in [0.2, 0.25) is 0 Å². The molecule has 0 heterocycles. The van der Waals surface area contributed by atoms with Gasteiger partial charge in [0.1, 0.15) is 6.04 Å². The molecule has 0 aliphatic carbocycles. The molecule has 3 N–H and O–H groups in total. The number of carboxylic acids is 1. The van der Waals surface area contributed by atoms with Gasteiger partial charge in [0, 0.05) is 0 Å². The Labute approximate surface area is 97.8 Å². The van der Waals surface area contributed by atoms with Crippen LogP contribution in [0.1, 0.15) is 12.0 Å². The van der Waals surface area contributed by atoms with E-state index in [4.69, 9.17) is 34.0 Å². The van der Waals surface area contributed by atoms with Crippen molar-refractivity contribution in [1.29, 1.82) is 0 Å². The SMILES string of the molecule is N[C@H](CCc1ccc(Cl)c(Cl)c1)C(=O)O. The predicted octanol–water partition coefficient (Wildman–Crippen LogP) is 2.34. The summed E-state index contributed by atoms with van der Waals surface area (Å²) in [5, 5.41) is 9.55.